The highest BCUT2D eigenvalue weighted by Gasteiger charge is 2.02. The van der Waals surface area contributed by atoms with Crippen molar-refractivity contribution in [3.63, 3.8) is 0 Å². The van der Waals surface area contributed by atoms with E-state index in [0.29, 0.717) is 11.3 Å². The maximum Gasteiger partial charge on any atom is 0.265 e. The zero-order chi connectivity index (χ0) is 14.9. The number of amides is 1. The molecule has 21 heavy (non-hydrogen) atoms. The van der Waals surface area contributed by atoms with E-state index in [-0.39, 0.29) is 12.5 Å². The molecule has 0 aliphatic rings. The number of benzene rings is 2. The normalized spacial score (nSPS) is 10.0. The van der Waals surface area contributed by atoms with Crippen molar-refractivity contribution in [1.82, 2.24) is 0 Å². The van der Waals surface area contributed by atoms with Crippen LogP contribution in [-0.2, 0) is 9.63 Å². The highest BCUT2D eigenvalue weighted by atomic mass is 16.6. The van der Waals surface area contributed by atoms with Crippen LogP contribution in [0, 0.1) is 11.3 Å². The standard InChI is InChI=1S/C16H13N3O2/c17-10-13-6-8-15(9-7-13)19-16(20)12-21-18-11-14-4-2-1-3-5-14/h1-9,11H,12H2,(H,19,20)/b18-11-. The Bertz CT molecular complexity index is 658. The molecule has 2 rings (SSSR count). The molecule has 5 nitrogen and oxygen atoms in total. The molecule has 0 heterocycles. The summed E-state index contributed by atoms with van der Waals surface area (Å²) in [6.07, 6.45) is 1.54. The number of carbonyl (C=O) groups excluding carboxylic acids is 1. The van der Waals surface area contributed by atoms with Crippen molar-refractivity contribution in [2.24, 2.45) is 5.16 Å². The predicted molar refractivity (Wildman–Crippen MR) is 79.8 cm³/mol. The molecule has 0 atom stereocenters. The molecule has 0 unspecified atom stereocenters. The molecule has 5 heteroatoms. The van der Waals surface area contributed by atoms with Gasteiger partial charge in [0.15, 0.2) is 6.61 Å². The van der Waals surface area contributed by atoms with Gasteiger partial charge < -0.3 is 10.2 Å². The van der Waals surface area contributed by atoms with Gasteiger partial charge in [-0.15, -0.1) is 0 Å². The third-order valence-electron chi connectivity index (χ3n) is 2.57. The maximum absolute atomic E-state index is 11.6. The summed E-state index contributed by atoms with van der Waals surface area (Å²) in [5, 5.41) is 15.0. The quantitative estimate of drug-likeness (QED) is 0.675. The van der Waals surface area contributed by atoms with E-state index in [9.17, 15) is 4.79 Å². The number of rotatable bonds is 5. The van der Waals surface area contributed by atoms with E-state index in [1.807, 2.05) is 36.4 Å². The molecule has 0 saturated carbocycles. The van der Waals surface area contributed by atoms with Gasteiger partial charge in [-0.25, -0.2) is 0 Å². The summed E-state index contributed by atoms with van der Waals surface area (Å²) in [7, 11) is 0. The zero-order valence-electron chi connectivity index (χ0n) is 11.2. The van der Waals surface area contributed by atoms with Crippen LogP contribution >= 0.6 is 0 Å². The molecule has 0 saturated heterocycles. The zero-order valence-corrected chi connectivity index (χ0v) is 11.2. The maximum atomic E-state index is 11.6. The van der Waals surface area contributed by atoms with Crippen molar-refractivity contribution in [2.45, 2.75) is 0 Å². The molecule has 2 aromatic carbocycles. The van der Waals surface area contributed by atoms with Crippen molar-refractivity contribution in [3.05, 3.63) is 65.7 Å². The highest BCUT2D eigenvalue weighted by Crippen LogP contribution is 2.08. The molecule has 1 amide bonds. The fraction of sp³-hybridized carbons (Fsp3) is 0.0625. The van der Waals surface area contributed by atoms with E-state index in [0.717, 1.165) is 5.56 Å². The van der Waals surface area contributed by atoms with E-state index in [1.165, 1.54) is 6.21 Å². The number of nitrogens with one attached hydrogen (secondary N) is 1. The molecule has 1 N–H and O–H groups in total. The van der Waals surface area contributed by atoms with Crippen molar-refractivity contribution >= 4 is 17.8 Å². The minimum absolute atomic E-state index is 0.177. The lowest BCUT2D eigenvalue weighted by molar-refractivity contribution is -0.120. The smallest absolute Gasteiger partial charge is 0.265 e. The fourth-order valence-electron chi connectivity index (χ4n) is 1.56. The Kier molecular flexibility index (Phi) is 5.07. The second kappa shape index (κ2) is 7.46. The summed E-state index contributed by atoms with van der Waals surface area (Å²) in [6, 6.07) is 18.0. The Hall–Kier alpha value is -3.13. The molecular weight excluding hydrogens is 266 g/mol. The van der Waals surface area contributed by atoms with Gasteiger partial charge in [-0.05, 0) is 29.8 Å². The van der Waals surface area contributed by atoms with Gasteiger partial charge in [0.2, 0.25) is 0 Å². The first-order chi connectivity index (χ1) is 10.3. The predicted octanol–water partition coefficient (Wildman–Crippen LogP) is 2.55. The lowest BCUT2D eigenvalue weighted by Crippen LogP contribution is -2.16. The van der Waals surface area contributed by atoms with E-state index in [2.05, 4.69) is 10.5 Å². The molecule has 0 bridgehead atoms. The lowest BCUT2D eigenvalue weighted by Gasteiger charge is -2.03. The minimum Gasteiger partial charge on any atom is -0.386 e. The van der Waals surface area contributed by atoms with Crippen LogP contribution in [-0.4, -0.2) is 18.7 Å². The third kappa shape index (κ3) is 4.80. The van der Waals surface area contributed by atoms with Crippen LogP contribution in [0.15, 0.2) is 59.8 Å². The summed E-state index contributed by atoms with van der Waals surface area (Å²) in [5.74, 6) is -0.315. The van der Waals surface area contributed by atoms with Crippen LogP contribution in [0.5, 0.6) is 0 Å². The number of hydrogen-bond acceptors (Lipinski definition) is 4. The van der Waals surface area contributed by atoms with Gasteiger partial charge in [0.1, 0.15) is 0 Å². The van der Waals surface area contributed by atoms with E-state index >= 15 is 0 Å². The van der Waals surface area contributed by atoms with E-state index in [1.54, 1.807) is 24.3 Å². The summed E-state index contributed by atoms with van der Waals surface area (Å²) in [4.78, 5) is 16.5. The summed E-state index contributed by atoms with van der Waals surface area (Å²) in [6.45, 7) is -0.177. The Balaban J connectivity index is 1.77. The van der Waals surface area contributed by atoms with Crippen molar-refractivity contribution in [3.8, 4) is 6.07 Å². The third-order valence-corrected chi connectivity index (χ3v) is 2.57. The molecule has 0 aliphatic heterocycles. The molecule has 0 aliphatic carbocycles. The second-order valence-electron chi connectivity index (χ2n) is 4.16. The van der Waals surface area contributed by atoms with Gasteiger partial charge in [0.25, 0.3) is 5.91 Å². The van der Waals surface area contributed by atoms with Crippen LogP contribution in [0.2, 0.25) is 0 Å². The van der Waals surface area contributed by atoms with Crippen molar-refractivity contribution in [2.75, 3.05) is 11.9 Å². The molecule has 0 fully saturated rings. The summed E-state index contributed by atoms with van der Waals surface area (Å²) < 4.78 is 0. The number of anilines is 1. The van der Waals surface area contributed by atoms with Crippen LogP contribution in [0.3, 0.4) is 0 Å². The summed E-state index contributed by atoms with van der Waals surface area (Å²) in [5.41, 5.74) is 2.04. The topological polar surface area (TPSA) is 74.5 Å². The van der Waals surface area contributed by atoms with E-state index < -0.39 is 0 Å². The highest BCUT2D eigenvalue weighted by molar-refractivity contribution is 5.91. The molecule has 0 spiro atoms. The Labute approximate surface area is 122 Å². The molecule has 0 radical (unpaired) electrons. The van der Waals surface area contributed by atoms with E-state index in [4.69, 9.17) is 10.1 Å². The lowest BCUT2D eigenvalue weighted by atomic mass is 10.2. The van der Waals surface area contributed by atoms with Gasteiger partial charge in [0, 0.05) is 5.69 Å². The van der Waals surface area contributed by atoms with Crippen LogP contribution in [0.4, 0.5) is 5.69 Å². The summed E-state index contributed by atoms with van der Waals surface area (Å²) >= 11 is 0. The van der Waals surface area contributed by atoms with Crippen molar-refractivity contribution in [1.29, 1.82) is 5.26 Å². The van der Waals surface area contributed by atoms with Gasteiger partial charge in [0.05, 0.1) is 17.8 Å². The Morgan fingerprint density at radius 1 is 1.19 bits per heavy atom. The van der Waals surface area contributed by atoms with Crippen molar-refractivity contribution < 1.29 is 9.63 Å². The number of hydrogen-bond donors (Lipinski definition) is 1. The Morgan fingerprint density at radius 2 is 1.90 bits per heavy atom. The Morgan fingerprint density at radius 3 is 2.57 bits per heavy atom. The molecule has 104 valence electrons. The first kappa shape index (κ1) is 14.3. The van der Waals surface area contributed by atoms with Crippen LogP contribution in [0.1, 0.15) is 11.1 Å². The largest absolute Gasteiger partial charge is 0.386 e. The van der Waals surface area contributed by atoms with Gasteiger partial charge >= 0.3 is 0 Å². The van der Waals surface area contributed by atoms with Gasteiger partial charge in [-0.1, -0.05) is 35.5 Å². The first-order valence-electron chi connectivity index (χ1n) is 6.28. The minimum atomic E-state index is -0.315. The average molecular weight is 279 g/mol. The second-order valence-corrected chi connectivity index (χ2v) is 4.16. The van der Waals surface area contributed by atoms with Crippen LogP contribution < -0.4 is 5.32 Å². The molecule has 0 aromatic heterocycles. The van der Waals surface area contributed by atoms with Gasteiger partial charge in [-0.3, -0.25) is 4.79 Å². The van der Waals surface area contributed by atoms with Gasteiger partial charge in [-0.2, -0.15) is 5.26 Å². The monoisotopic (exact) mass is 279 g/mol. The average Bonchev–Trinajstić information content (AvgIpc) is 2.53. The number of carbonyl (C=O) groups is 1. The SMILES string of the molecule is N#Cc1ccc(NC(=O)CO/N=C\c2ccccc2)cc1. The molecule has 2 aromatic rings. The number of nitrogens with zero attached hydrogens (tertiary/aromatic N) is 2. The molecular formula is C16H13N3O2. The number of oxime groups is 1. The fourth-order valence-corrected chi connectivity index (χ4v) is 1.56. The first-order valence-corrected chi connectivity index (χ1v) is 6.28. The number of nitriles is 1. The van der Waals surface area contributed by atoms with Crippen LogP contribution in [0.25, 0.3) is 0 Å².